The van der Waals surface area contributed by atoms with Gasteiger partial charge in [-0.3, -0.25) is 24.1 Å². The van der Waals surface area contributed by atoms with Gasteiger partial charge in [-0.1, -0.05) is 42.5 Å². The van der Waals surface area contributed by atoms with Crippen LogP contribution in [0.1, 0.15) is 39.1 Å². The van der Waals surface area contributed by atoms with E-state index in [0.717, 1.165) is 10.5 Å². The van der Waals surface area contributed by atoms with Gasteiger partial charge in [0.25, 0.3) is 11.8 Å². The van der Waals surface area contributed by atoms with Gasteiger partial charge >= 0.3 is 5.97 Å². The molecule has 0 radical (unpaired) electrons. The number of hydrogen-bond donors (Lipinski definition) is 0. The van der Waals surface area contributed by atoms with Gasteiger partial charge in [0.15, 0.2) is 0 Å². The molecule has 0 N–H and O–H groups in total. The highest BCUT2D eigenvalue weighted by Gasteiger charge is 2.44. The molecule has 0 aliphatic carbocycles. The van der Waals surface area contributed by atoms with Crippen LogP contribution in [0.25, 0.3) is 0 Å². The molecular formula is C24H24N2O5. The third kappa shape index (κ3) is 3.95. The lowest BCUT2D eigenvalue weighted by Gasteiger charge is -2.35. The van der Waals surface area contributed by atoms with Crippen molar-refractivity contribution in [2.24, 2.45) is 5.92 Å². The van der Waals surface area contributed by atoms with Crippen molar-refractivity contribution in [1.29, 1.82) is 0 Å². The van der Waals surface area contributed by atoms with Crippen LogP contribution in [0.3, 0.4) is 0 Å². The zero-order valence-electron chi connectivity index (χ0n) is 17.3. The predicted octanol–water partition coefficient (Wildman–Crippen LogP) is 2.31. The van der Waals surface area contributed by atoms with Gasteiger partial charge in [-0.05, 0) is 30.5 Å². The first-order valence-corrected chi connectivity index (χ1v) is 10.4. The Morgan fingerprint density at radius 2 is 1.48 bits per heavy atom. The highest BCUT2D eigenvalue weighted by atomic mass is 16.5. The average Bonchev–Trinajstić information content (AvgIpc) is 3.07. The Balaban J connectivity index is 1.60. The van der Waals surface area contributed by atoms with Crippen molar-refractivity contribution in [2.75, 3.05) is 20.2 Å². The highest BCUT2D eigenvalue weighted by Crippen LogP contribution is 2.28. The number of piperidine rings is 1. The van der Waals surface area contributed by atoms with Gasteiger partial charge < -0.3 is 9.64 Å². The maximum atomic E-state index is 13.5. The lowest BCUT2D eigenvalue weighted by Crippen LogP contribution is -2.54. The van der Waals surface area contributed by atoms with Crippen molar-refractivity contribution in [1.82, 2.24) is 9.80 Å². The van der Waals surface area contributed by atoms with E-state index in [1.807, 2.05) is 30.3 Å². The Labute approximate surface area is 180 Å². The zero-order chi connectivity index (χ0) is 22.0. The molecule has 0 aromatic heterocycles. The SMILES string of the molecule is COC(=O)C1CCN(C(=O)[C@@H](Cc2ccccc2)N2C(=O)c3ccccc3C2=O)CC1. The molecule has 0 saturated carbocycles. The number of nitrogens with zero attached hydrogens (tertiary/aromatic N) is 2. The molecule has 2 aromatic carbocycles. The number of amides is 3. The van der Waals surface area contributed by atoms with Crippen LogP contribution in [0, 0.1) is 5.92 Å². The van der Waals surface area contributed by atoms with E-state index >= 15 is 0 Å². The normalized spacial score (nSPS) is 17.5. The molecule has 4 rings (SSSR count). The number of rotatable bonds is 5. The van der Waals surface area contributed by atoms with Crippen molar-refractivity contribution in [3.8, 4) is 0 Å². The monoisotopic (exact) mass is 420 g/mol. The molecule has 2 heterocycles. The van der Waals surface area contributed by atoms with Crippen LogP contribution in [-0.4, -0.2) is 59.7 Å². The van der Waals surface area contributed by atoms with Crippen LogP contribution in [0.4, 0.5) is 0 Å². The van der Waals surface area contributed by atoms with E-state index in [-0.39, 0.29) is 24.2 Å². The molecule has 1 fully saturated rings. The fraction of sp³-hybridized carbons (Fsp3) is 0.333. The van der Waals surface area contributed by atoms with Gasteiger partial charge in [-0.2, -0.15) is 0 Å². The molecule has 0 unspecified atom stereocenters. The number of methoxy groups -OCH3 is 1. The second kappa shape index (κ2) is 8.71. The fourth-order valence-corrected chi connectivity index (χ4v) is 4.33. The number of esters is 1. The Hall–Kier alpha value is -3.48. The van der Waals surface area contributed by atoms with Crippen LogP contribution in [0.15, 0.2) is 54.6 Å². The number of hydrogen-bond acceptors (Lipinski definition) is 5. The number of ether oxygens (including phenoxy) is 1. The van der Waals surface area contributed by atoms with Crippen LogP contribution in [-0.2, 0) is 20.7 Å². The zero-order valence-corrected chi connectivity index (χ0v) is 17.3. The van der Waals surface area contributed by atoms with Gasteiger partial charge in [0.05, 0.1) is 24.2 Å². The molecule has 0 bridgehead atoms. The molecule has 3 amide bonds. The number of carbonyl (C=O) groups is 4. The van der Waals surface area contributed by atoms with Crippen molar-refractivity contribution in [3.05, 3.63) is 71.3 Å². The molecule has 2 aromatic rings. The summed E-state index contributed by atoms with van der Waals surface area (Å²) < 4.78 is 4.82. The van der Waals surface area contributed by atoms with Crippen molar-refractivity contribution >= 4 is 23.7 Å². The lowest BCUT2D eigenvalue weighted by molar-refractivity contribution is -0.149. The summed E-state index contributed by atoms with van der Waals surface area (Å²) in [6.45, 7) is 0.764. The Bertz CT molecular complexity index is 977. The molecule has 2 aliphatic heterocycles. The Kier molecular flexibility index (Phi) is 5.84. The number of benzene rings is 2. The summed E-state index contributed by atoms with van der Waals surface area (Å²) in [5.41, 5.74) is 1.51. The smallest absolute Gasteiger partial charge is 0.308 e. The number of imide groups is 1. The van der Waals surface area contributed by atoms with E-state index in [0.29, 0.717) is 37.1 Å². The van der Waals surface area contributed by atoms with Crippen molar-refractivity contribution < 1.29 is 23.9 Å². The summed E-state index contributed by atoms with van der Waals surface area (Å²) in [4.78, 5) is 54.3. The first kappa shape index (κ1) is 20.8. The van der Waals surface area contributed by atoms with Crippen LogP contribution < -0.4 is 0 Å². The topological polar surface area (TPSA) is 84.0 Å². The third-order valence-corrected chi connectivity index (χ3v) is 6.04. The van der Waals surface area contributed by atoms with E-state index in [1.165, 1.54) is 7.11 Å². The van der Waals surface area contributed by atoms with Crippen molar-refractivity contribution in [3.63, 3.8) is 0 Å². The van der Waals surface area contributed by atoms with E-state index in [2.05, 4.69) is 0 Å². The van der Waals surface area contributed by atoms with Gasteiger partial charge in [0.1, 0.15) is 6.04 Å². The number of fused-ring (bicyclic) bond motifs is 1. The van der Waals surface area contributed by atoms with Crippen LogP contribution >= 0.6 is 0 Å². The number of carbonyl (C=O) groups excluding carboxylic acids is 4. The Morgan fingerprint density at radius 1 is 0.935 bits per heavy atom. The molecule has 0 spiro atoms. The minimum absolute atomic E-state index is 0.235. The summed E-state index contributed by atoms with van der Waals surface area (Å²) in [6.07, 6.45) is 1.24. The molecule has 31 heavy (non-hydrogen) atoms. The minimum Gasteiger partial charge on any atom is -0.469 e. The second-order valence-corrected chi connectivity index (χ2v) is 7.85. The van der Waals surface area contributed by atoms with Gasteiger partial charge in [0, 0.05) is 19.5 Å². The number of likely N-dealkylation sites (tertiary alicyclic amines) is 1. The first-order valence-electron chi connectivity index (χ1n) is 10.4. The predicted molar refractivity (Wildman–Crippen MR) is 112 cm³/mol. The van der Waals surface area contributed by atoms with E-state index in [4.69, 9.17) is 4.74 Å². The lowest BCUT2D eigenvalue weighted by atomic mass is 9.95. The molecule has 2 aliphatic rings. The molecule has 1 saturated heterocycles. The van der Waals surface area contributed by atoms with Gasteiger partial charge in [-0.15, -0.1) is 0 Å². The van der Waals surface area contributed by atoms with Crippen LogP contribution in [0.5, 0.6) is 0 Å². The summed E-state index contributed by atoms with van der Waals surface area (Å²) in [5.74, 6) is -1.67. The van der Waals surface area contributed by atoms with E-state index < -0.39 is 17.9 Å². The Morgan fingerprint density at radius 3 is 2.03 bits per heavy atom. The summed E-state index contributed by atoms with van der Waals surface area (Å²) in [5, 5.41) is 0. The second-order valence-electron chi connectivity index (χ2n) is 7.85. The molecule has 160 valence electrons. The van der Waals surface area contributed by atoms with Crippen molar-refractivity contribution in [2.45, 2.75) is 25.3 Å². The first-order chi connectivity index (χ1) is 15.0. The van der Waals surface area contributed by atoms with Gasteiger partial charge in [-0.25, -0.2) is 0 Å². The highest BCUT2D eigenvalue weighted by molar-refractivity contribution is 6.22. The van der Waals surface area contributed by atoms with E-state index in [1.54, 1.807) is 29.2 Å². The molecule has 7 heteroatoms. The standard InChI is InChI=1S/C24H24N2O5/c1-31-24(30)17-11-13-25(14-12-17)23(29)20(15-16-7-3-2-4-8-16)26-21(27)18-9-5-6-10-19(18)22(26)28/h2-10,17,20H,11-15H2,1H3/t20-/m1/s1. The minimum atomic E-state index is -0.940. The molecular weight excluding hydrogens is 396 g/mol. The summed E-state index contributed by atoms with van der Waals surface area (Å²) >= 11 is 0. The maximum Gasteiger partial charge on any atom is 0.308 e. The third-order valence-electron chi connectivity index (χ3n) is 6.04. The summed E-state index contributed by atoms with van der Waals surface area (Å²) in [7, 11) is 1.36. The summed E-state index contributed by atoms with van der Waals surface area (Å²) in [6, 6.07) is 15.1. The van der Waals surface area contributed by atoms with Gasteiger partial charge in [0.2, 0.25) is 5.91 Å². The van der Waals surface area contributed by atoms with Crippen LogP contribution in [0.2, 0.25) is 0 Å². The quantitative estimate of drug-likeness (QED) is 0.548. The van der Waals surface area contributed by atoms with E-state index in [9.17, 15) is 19.2 Å². The maximum absolute atomic E-state index is 13.5. The fourth-order valence-electron chi connectivity index (χ4n) is 4.33. The molecule has 7 nitrogen and oxygen atoms in total. The average molecular weight is 420 g/mol. The largest absolute Gasteiger partial charge is 0.469 e. The molecule has 1 atom stereocenters.